The van der Waals surface area contributed by atoms with Crippen molar-refractivity contribution in [1.29, 1.82) is 0 Å². The highest BCUT2D eigenvalue weighted by atomic mass is 32.2. The Bertz CT molecular complexity index is 323. The summed E-state index contributed by atoms with van der Waals surface area (Å²) in [5.74, 6) is -0.562. The summed E-state index contributed by atoms with van der Waals surface area (Å²) < 4.78 is 0. The van der Waals surface area contributed by atoms with Gasteiger partial charge >= 0.3 is 12.0 Å². The van der Waals surface area contributed by atoms with Crippen molar-refractivity contribution in [3.63, 3.8) is 0 Å². The number of nitrogens with one attached hydrogen (secondary N) is 1. The Morgan fingerprint density at radius 3 is 2.42 bits per heavy atom. The van der Waals surface area contributed by atoms with Crippen molar-refractivity contribution < 1.29 is 19.5 Å². The number of nitrogens with zero attached hydrogens (tertiary/aromatic N) is 1. The zero-order chi connectivity index (χ0) is 14.8. The first-order valence-corrected chi connectivity index (χ1v) is 7.59. The summed E-state index contributed by atoms with van der Waals surface area (Å²) in [6.07, 6.45) is 3.00. The maximum atomic E-state index is 11.8. The number of carbonyl (C=O) groups is 3. The number of hydrogen-bond donors (Lipinski definition) is 2. The van der Waals surface area contributed by atoms with Gasteiger partial charge in [-0.2, -0.15) is 11.8 Å². The fraction of sp³-hybridized carbons (Fsp3) is 0.750. The molecule has 2 N–H and O–H groups in total. The average molecular weight is 290 g/mol. The van der Waals surface area contributed by atoms with Gasteiger partial charge in [-0.25, -0.2) is 4.79 Å². The third-order valence-corrected chi connectivity index (χ3v) is 3.46. The molecule has 0 aliphatic heterocycles. The molecule has 0 aliphatic carbocycles. The molecule has 7 heteroatoms. The summed E-state index contributed by atoms with van der Waals surface area (Å²) in [5.41, 5.74) is 0. The number of carbonyl (C=O) groups excluding carboxylic acids is 2. The number of thioether (sulfide) groups is 1. The molecule has 0 heterocycles. The first kappa shape index (κ1) is 17.8. The number of carboxylic acids is 1. The third kappa shape index (κ3) is 7.71. The Labute approximate surface area is 117 Å². The van der Waals surface area contributed by atoms with E-state index >= 15 is 0 Å². The van der Waals surface area contributed by atoms with Gasteiger partial charge in [0.05, 0.1) is 0 Å². The van der Waals surface area contributed by atoms with Crippen molar-refractivity contribution in [2.45, 2.75) is 38.6 Å². The largest absolute Gasteiger partial charge is 0.481 e. The molecule has 0 bridgehead atoms. The minimum Gasteiger partial charge on any atom is -0.481 e. The molecule has 0 aromatic heterocycles. The van der Waals surface area contributed by atoms with E-state index in [1.165, 1.54) is 4.90 Å². The number of aliphatic carboxylic acids is 1. The summed E-state index contributed by atoms with van der Waals surface area (Å²) in [5, 5.41) is 10.7. The first-order chi connectivity index (χ1) is 8.92. The molecule has 0 aromatic carbocycles. The zero-order valence-electron chi connectivity index (χ0n) is 11.6. The van der Waals surface area contributed by atoms with Crippen molar-refractivity contribution in [3.8, 4) is 0 Å². The van der Waals surface area contributed by atoms with Gasteiger partial charge in [0.1, 0.15) is 0 Å². The summed E-state index contributed by atoms with van der Waals surface area (Å²) >= 11 is 1.64. The van der Waals surface area contributed by atoms with Crippen molar-refractivity contribution in [1.82, 2.24) is 10.2 Å². The first-order valence-electron chi connectivity index (χ1n) is 6.19. The van der Waals surface area contributed by atoms with Crippen LogP contribution in [0.15, 0.2) is 0 Å². The molecule has 0 saturated heterocycles. The topological polar surface area (TPSA) is 86.7 Å². The normalized spacial score (nSPS) is 11.7. The molecule has 0 spiro atoms. The predicted octanol–water partition coefficient (Wildman–Crippen LogP) is 1.55. The average Bonchev–Trinajstić information content (AvgIpc) is 2.34. The lowest BCUT2D eigenvalue weighted by Crippen LogP contribution is -2.46. The molecule has 0 fully saturated rings. The van der Waals surface area contributed by atoms with Crippen LogP contribution in [0.2, 0.25) is 0 Å². The van der Waals surface area contributed by atoms with Crippen LogP contribution in [0.1, 0.15) is 32.6 Å². The van der Waals surface area contributed by atoms with Crippen molar-refractivity contribution in [2.24, 2.45) is 0 Å². The minimum atomic E-state index is -0.942. The van der Waals surface area contributed by atoms with E-state index in [0.717, 1.165) is 12.2 Å². The molecule has 0 radical (unpaired) electrons. The van der Waals surface area contributed by atoms with E-state index in [0.29, 0.717) is 0 Å². The van der Waals surface area contributed by atoms with Crippen LogP contribution in [0, 0.1) is 0 Å². The van der Waals surface area contributed by atoms with E-state index in [9.17, 15) is 14.4 Å². The van der Waals surface area contributed by atoms with Crippen LogP contribution in [0.4, 0.5) is 4.79 Å². The van der Waals surface area contributed by atoms with Gasteiger partial charge in [0.15, 0.2) is 0 Å². The predicted molar refractivity (Wildman–Crippen MR) is 75.2 cm³/mol. The molecule has 0 saturated carbocycles. The summed E-state index contributed by atoms with van der Waals surface area (Å²) in [7, 11) is 1.66. The van der Waals surface area contributed by atoms with Crippen LogP contribution in [0.25, 0.3) is 0 Å². The quantitative estimate of drug-likeness (QED) is 0.708. The Kier molecular flexibility index (Phi) is 9.03. The number of rotatable bonds is 8. The Morgan fingerprint density at radius 1 is 1.32 bits per heavy atom. The lowest BCUT2D eigenvalue weighted by atomic mass is 10.2. The summed E-state index contributed by atoms with van der Waals surface area (Å²) in [6, 6.07) is -0.344. The molecule has 6 nitrogen and oxygen atoms in total. The van der Waals surface area contributed by atoms with Crippen molar-refractivity contribution >= 4 is 29.7 Å². The second-order valence-corrected chi connectivity index (χ2v) is 5.14. The van der Waals surface area contributed by atoms with E-state index in [2.05, 4.69) is 5.32 Å². The lowest BCUT2D eigenvalue weighted by Gasteiger charge is -2.26. The number of urea groups is 1. The zero-order valence-corrected chi connectivity index (χ0v) is 12.5. The Morgan fingerprint density at radius 2 is 1.95 bits per heavy atom. The highest BCUT2D eigenvalue weighted by Crippen LogP contribution is 2.08. The van der Waals surface area contributed by atoms with E-state index in [1.807, 2.05) is 13.2 Å². The van der Waals surface area contributed by atoms with Gasteiger partial charge in [0.2, 0.25) is 5.91 Å². The Hall–Kier alpha value is -1.24. The number of imide groups is 1. The fourth-order valence-corrected chi connectivity index (χ4v) is 2.38. The third-order valence-electron chi connectivity index (χ3n) is 2.74. The maximum absolute atomic E-state index is 11.8. The van der Waals surface area contributed by atoms with E-state index in [-0.39, 0.29) is 25.3 Å². The van der Waals surface area contributed by atoms with Crippen LogP contribution in [-0.4, -0.2) is 53.0 Å². The van der Waals surface area contributed by atoms with Gasteiger partial charge < -0.3 is 10.0 Å². The van der Waals surface area contributed by atoms with Crippen LogP contribution in [-0.2, 0) is 9.59 Å². The van der Waals surface area contributed by atoms with E-state index in [4.69, 9.17) is 5.11 Å². The summed E-state index contributed by atoms with van der Waals surface area (Å²) in [6.45, 7) is 1.99. The molecule has 0 aliphatic rings. The van der Waals surface area contributed by atoms with Gasteiger partial charge in [0, 0.05) is 31.7 Å². The van der Waals surface area contributed by atoms with Crippen LogP contribution in [0.3, 0.4) is 0 Å². The molecule has 1 unspecified atom stereocenters. The van der Waals surface area contributed by atoms with Gasteiger partial charge in [-0.05, 0) is 19.1 Å². The molecule has 0 aromatic rings. The van der Waals surface area contributed by atoms with Crippen LogP contribution in [0.5, 0.6) is 0 Å². The summed E-state index contributed by atoms with van der Waals surface area (Å²) in [4.78, 5) is 35.1. The van der Waals surface area contributed by atoms with Gasteiger partial charge in [-0.15, -0.1) is 0 Å². The number of carboxylic acid groups (broad SMARTS) is 1. The highest BCUT2D eigenvalue weighted by Gasteiger charge is 2.19. The number of hydrogen-bond acceptors (Lipinski definition) is 4. The smallest absolute Gasteiger partial charge is 0.324 e. The molecule has 1 atom stereocenters. The van der Waals surface area contributed by atoms with E-state index in [1.54, 1.807) is 18.8 Å². The fourth-order valence-electron chi connectivity index (χ4n) is 1.53. The number of amides is 3. The highest BCUT2D eigenvalue weighted by molar-refractivity contribution is 7.98. The molecule has 0 rings (SSSR count). The minimum absolute atomic E-state index is 0.0468. The SMILES string of the molecule is CCC(CSC)N(C)C(=O)NC(=O)CCCC(=O)O. The monoisotopic (exact) mass is 290 g/mol. The second kappa shape index (κ2) is 9.66. The molecule has 3 amide bonds. The maximum Gasteiger partial charge on any atom is 0.324 e. The Balaban J connectivity index is 4.13. The van der Waals surface area contributed by atoms with Crippen LogP contribution >= 0.6 is 11.8 Å². The van der Waals surface area contributed by atoms with Crippen molar-refractivity contribution in [2.75, 3.05) is 19.1 Å². The molecular formula is C12H22N2O4S. The van der Waals surface area contributed by atoms with Crippen molar-refractivity contribution in [3.05, 3.63) is 0 Å². The van der Waals surface area contributed by atoms with Gasteiger partial charge in [-0.1, -0.05) is 6.92 Å². The molecule has 19 heavy (non-hydrogen) atoms. The van der Waals surface area contributed by atoms with Gasteiger partial charge in [-0.3, -0.25) is 14.9 Å². The van der Waals surface area contributed by atoms with Crippen LogP contribution < -0.4 is 5.32 Å². The molecule has 110 valence electrons. The van der Waals surface area contributed by atoms with E-state index < -0.39 is 17.9 Å². The standard InChI is InChI=1S/C12H22N2O4S/c1-4-9(8-19-3)14(2)12(18)13-10(15)6-5-7-11(16)17/h9H,4-8H2,1-3H3,(H,16,17)(H,13,15,18). The second-order valence-electron chi connectivity index (χ2n) is 4.23. The molecular weight excluding hydrogens is 268 g/mol. The van der Waals surface area contributed by atoms with Gasteiger partial charge in [0.25, 0.3) is 0 Å². The lowest BCUT2D eigenvalue weighted by molar-refractivity contribution is -0.137.